The minimum Gasteiger partial charge on any atom is -0.399 e. The van der Waals surface area contributed by atoms with Crippen LogP contribution in [0.4, 0.5) is 0 Å². The third-order valence-corrected chi connectivity index (χ3v) is 2.54. The third-order valence-electron chi connectivity index (χ3n) is 2.54. The maximum atomic E-state index is 11.8. The van der Waals surface area contributed by atoms with E-state index in [0.717, 1.165) is 19.3 Å². The molecular formula is C18H35NO2Y-2. The summed E-state index contributed by atoms with van der Waals surface area (Å²) in [6.45, 7) is 22.4. The average Bonchev–Trinajstić information content (AvgIpc) is 2.31. The normalized spacial score (nSPS) is 13.0. The van der Waals surface area contributed by atoms with E-state index in [2.05, 4.69) is 39.8 Å². The third kappa shape index (κ3) is 18.3. The number of rotatable bonds is 6. The molecule has 0 heterocycles. The number of nitrogens with zero attached hydrogens (tertiary/aromatic N) is 1. The standard InChI is InChI=1S/C12H23O.C6H12NO.Y/c1-9(8-11(2,3)4)10(13)12(5,6)7;1-3-5-7-8-6-4-2;/h9H,1,8H2,2-7H3;5H,2-4,6H2,1H3;/q2*-1;/b;7-5+;. The van der Waals surface area contributed by atoms with Gasteiger partial charge < -0.3 is 23.5 Å². The van der Waals surface area contributed by atoms with Crippen LogP contribution in [-0.4, -0.2) is 18.6 Å². The van der Waals surface area contributed by atoms with E-state index in [-0.39, 0.29) is 55.2 Å². The van der Waals surface area contributed by atoms with Crippen molar-refractivity contribution in [3.63, 3.8) is 0 Å². The summed E-state index contributed by atoms with van der Waals surface area (Å²) in [4.78, 5) is 16.5. The van der Waals surface area contributed by atoms with Crippen LogP contribution in [0.2, 0.25) is 0 Å². The number of Topliss-reactive ketones (excluding diaryl/α,β-unsaturated/α-hetero) is 1. The summed E-state index contributed by atoms with van der Waals surface area (Å²) in [6, 6.07) is 0. The number of carbonyl (C=O) groups excluding carboxylic acids is 1. The second kappa shape index (κ2) is 13.7. The zero-order chi connectivity index (χ0) is 17.1. The molecule has 4 heteroatoms. The van der Waals surface area contributed by atoms with E-state index in [4.69, 9.17) is 4.84 Å². The fourth-order valence-corrected chi connectivity index (χ4v) is 1.69. The van der Waals surface area contributed by atoms with E-state index in [9.17, 15) is 4.79 Å². The molecule has 22 heavy (non-hydrogen) atoms. The van der Waals surface area contributed by atoms with E-state index >= 15 is 0 Å². The molecule has 1 atom stereocenters. The largest absolute Gasteiger partial charge is 0.399 e. The smallest absolute Gasteiger partial charge is 0.111 e. The van der Waals surface area contributed by atoms with Crippen molar-refractivity contribution in [2.24, 2.45) is 21.9 Å². The maximum Gasteiger partial charge on any atom is 0.111 e. The minimum absolute atomic E-state index is 0. The second-order valence-electron chi connectivity index (χ2n) is 7.46. The van der Waals surface area contributed by atoms with Crippen molar-refractivity contribution in [3.05, 3.63) is 13.8 Å². The number of hydrogen-bond donors (Lipinski definition) is 0. The van der Waals surface area contributed by atoms with Gasteiger partial charge in [0.1, 0.15) is 5.78 Å². The first-order chi connectivity index (χ1) is 9.45. The van der Waals surface area contributed by atoms with Crippen LogP contribution in [0.25, 0.3) is 0 Å². The Kier molecular flexibility index (Phi) is 16.8. The molecule has 0 saturated heterocycles. The number of hydrogen-bond acceptors (Lipinski definition) is 3. The first kappa shape index (κ1) is 27.1. The van der Waals surface area contributed by atoms with Crippen LogP contribution < -0.4 is 0 Å². The monoisotopic (exact) mass is 386 g/mol. The fraction of sp³-hybridized carbons (Fsp3) is 0.778. The van der Waals surface area contributed by atoms with Gasteiger partial charge in [-0.25, -0.2) is 0 Å². The quantitative estimate of drug-likeness (QED) is 0.275. The zero-order valence-electron chi connectivity index (χ0n) is 15.7. The Hall–Kier alpha value is 0.244. The molecular weight excluding hydrogens is 351 g/mol. The molecule has 3 nitrogen and oxygen atoms in total. The molecule has 0 aliphatic rings. The molecule has 0 aromatic heterocycles. The Bertz CT molecular complexity index is 301. The van der Waals surface area contributed by atoms with Gasteiger partial charge in [-0.05, 0) is 11.8 Å². The topological polar surface area (TPSA) is 38.7 Å². The van der Waals surface area contributed by atoms with Crippen molar-refractivity contribution >= 4 is 12.0 Å². The number of ketones is 1. The number of carbonyl (C=O) groups is 1. The molecule has 1 radical (unpaired) electrons. The summed E-state index contributed by atoms with van der Waals surface area (Å²) in [7, 11) is 0. The number of oxime groups is 1. The van der Waals surface area contributed by atoms with Gasteiger partial charge >= 0.3 is 0 Å². The van der Waals surface area contributed by atoms with Gasteiger partial charge in [-0.3, -0.25) is 0 Å². The van der Waals surface area contributed by atoms with Crippen LogP contribution in [0.3, 0.4) is 0 Å². The fourth-order valence-electron chi connectivity index (χ4n) is 1.69. The molecule has 0 rings (SSSR count). The van der Waals surface area contributed by atoms with Gasteiger partial charge in [0.05, 0.1) is 6.61 Å². The van der Waals surface area contributed by atoms with E-state index in [1.54, 1.807) is 6.21 Å². The van der Waals surface area contributed by atoms with Gasteiger partial charge in [0.15, 0.2) is 0 Å². The second-order valence-corrected chi connectivity index (χ2v) is 7.46. The molecule has 129 valence electrons. The molecule has 0 aliphatic heterocycles. The van der Waals surface area contributed by atoms with Crippen molar-refractivity contribution in [2.75, 3.05) is 6.61 Å². The zero-order valence-corrected chi connectivity index (χ0v) is 18.6. The van der Waals surface area contributed by atoms with Gasteiger partial charge in [-0.2, -0.15) is 0 Å². The summed E-state index contributed by atoms with van der Waals surface area (Å²) in [5.41, 5.74) is -0.0645. The Labute approximate surface area is 163 Å². The van der Waals surface area contributed by atoms with Crippen LogP contribution in [0, 0.1) is 30.6 Å². The Morgan fingerprint density at radius 1 is 1.23 bits per heavy atom. The molecule has 0 fully saturated rings. The van der Waals surface area contributed by atoms with Crippen molar-refractivity contribution in [1.82, 2.24) is 0 Å². The van der Waals surface area contributed by atoms with Gasteiger partial charge in [0.2, 0.25) is 0 Å². The Balaban J connectivity index is -0.000000348. The van der Waals surface area contributed by atoms with E-state index in [0.29, 0.717) is 6.61 Å². The van der Waals surface area contributed by atoms with Gasteiger partial charge in [-0.15, -0.1) is 12.3 Å². The summed E-state index contributed by atoms with van der Waals surface area (Å²) >= 11 is 0. The van der Waals surface area contributed by atoms with Crippen LogP contribution in [0.5, 0.6) is 0 Å². The Morgan fingerprint density at radius 2 is 1.73 bits per heavy atom. The Morgan fingerprint density at radius 3 is 2.05 bits per heavy atom. The molecule has 0 saturated carbocycles. The first-order valence-electron chi connectivity index (χ1n) is 7.76. The maximum absolute atomic E-state index is 11.8. The first-order valence-corrected chi connectivity index (χ1v) is 7.76. The summed E-state index contributed by atoms with van der Waals surface area (Å²) in [5, 5.41) is 3.61. The molecule has 0 aliphatic carbocycles. The SMILES string of the molecule is [CH2-]C(CC(C)(C)C)C(=O)C(C)(C)C.[CH2-]CCO/N=C/CC.[Y]. The van der Waals surface area contributed by atoms with Gasteiger partial charge in [0.25, 0.3) is 0 Å². The molecule has 0 aromatic carbocycles. The van der Waals surface area contributed by atoms with Gasteiger partial charge in [0, 0.05) is 44.3 Å². The van der Waals surface area contributed by atoms with Crippen LogP contribution in [-0.2, 0) is 42.3 Å². The summed E-state index contributed by atoms with van der Waals surface area (Å²) < 4.78 is 0. The van der Waals surface area contributed by atoms with E-state index in [1.807, 2.05) is 27.7 Å². The summed E-state index contributed by atoms with van der Waals surface area (Å²) in [6.07, 6.45) is 4.30. The molecule has 0 N–H and O–H groups in total. The van der Waals surface area contributed by atoms with Crippen LogP contribution in [0.1, 0.15) is 67.7 Å². The van der Waals surface area contributed by atoms with Crippen molar-refractivity contribution in [1.29, 1.82) is 0 Å². The summed E-state index contributed by atoms with van der Waals surface area (Å²) in [5.74, 6) is 0.197. The average molecular weight is 386 g/mol. The molecule has 1 unspecified atom stereocenters. The molecule has 0 spiro atoms. The van der Waals surface area contributed by atoms with E-state index < -0.39 is 0 Å². The predicted octanol–water partition coefficient (Wildman–Crippen LogP) is 5.11. The molecule has 0 aromatic rings. The van der Waals surface area contributed by atoms with Crippen LogP contribution >= 0.6 is 0 Å². The molecule has 0 bridgehead atoms. The van der Waals surface area contributed by atoms with Crippen molar-refractivity contribution in [3.8, 4) is 0 Å². The molecule has 0 amide bonds. The van der Waals surface area contributed by atoms with Crippen molar-refractivity contribution in [2.45, 2.75) is 67.7 Å². The minimum atomic E-state index is -0.252. The predicted molar refractivity (Wildman–Crippen MR) is 92.1 cm³/mol. The van der Waals surface area contributed by atoms with Gasteiger partial charge in [-0.1, -0.05) is 60.0 Å². The van der Waals surface area contributed by atoms with Crippen LogP contribution in [0.15, 0.2) is 5.16 Å². The van der Waals surface area contributed by atoms with Crippen molar-refractivity contribution < 1.29 is 42.3 Å². The van der Waals surface area contributed by atoms with E-state index in [1.165, 1.54) is 0 Å².